The van der Waals surface area contributed by atoms with Crippen molar-refractivity contribution < 1.29 is 23.7 Å². The fraction of sp³-hybridized carbons (Fsp3) is 0.424. The van der Waals surface area contributed by atoms with E-state index < -0.39 is 0 Å². The number of amides is 1. The monoisotopic (exact) mass is 612 g/mol. The molecule has 2 aliphatic heterocycles. The number of halogens is 2. The Hall–Kier alpha value is -2.97. The van der Waals surface area contributed by atoms with Gasteiger partial charge in [-0.25, -0.2) is 0 Å². The zero-order valence-electron chi connectivity index (χ0n) is 24.6. The third-order valence-electron chi connectivity index (χ3n) is 8.64. The van der Waals surface area contributed by atoms with E-state index in [1.807, 2.05) is 25.2 Å². The molecule has 0 saturated carbocycles. The van der Waals surface area contributed by atoms with Crippen molar-refractivity contribution in [3.8, 4) is 17.2 Å². The number of rotatable bonds is 10. The highest BCUT2D eigenvalue weighted by molar-refractivity contribution is 6.42. The van der Waals surface area contributed by atoms with E-state index in [4.69, 9.17) is 42.1 Å². The van der Waals surface area contributed by atoms with Crippen molar-refractivity contribution >= 4 is 29.1 Å². The van der Waals surface area contributed by atoms with Crippen LogP contribution in [0.25, 0.3) is 0 Å². The normalized spacial score (nSPS) is 16.6. The van der Waals surface area contributed by atoms with Gasteiger partial charge >= 0.3 is 0 Å². The van der Waals surface area contributed by atoms with Gasteiger partial charge in [0.2, 0.25) is 5.75 Å². The number of carbonyl (C=O) groups is 1. The van der Waals surface area contributed by atoms with Gasteiger partial charge in [0.05, 0.1) is 43.6 Å². The van der Waals surface area contributed by atoms with Gasteiger partial charge in [0.15, 0.2) is 11.5 Å². The van der Waals surface area contributed by atoms with Crippen LogP contribution in [0.2, 0.25) is 10.0 Å². The molecule has 0 aromatic heterocycles. The summed E-state index contributed by atoms with van der Waals surface area (Å²) in [7, 11) is 6.43. The minimum absolute atomic E-state index is 0.0510. The summed E-state index contributed by atoms with van der Waals surface area (Å²) in [6.45, 7) is 4.02. The lowest BCUT2D eigenvalue weighted by Gasteiger charge is -2.40. The van der Waals surface area contributed by atoms with E-state index in [9.17, 15) is 4.79 Å². The van der Waals surface area contributed by atoms with Gasteiger partial charge in [0, 0.05) is 38.2 Å². The number of hydrogen-bond donors (Lipinski definition) is 0. The van der Waals surface area contributed by atoms with Gasteiger partial charge in [-0.3, -0.25) is 4.79 Å². The molecule has 1 saturated heterocycles. The van der Waals surface area contributed by atoms with Crippen molar-refractivity contribution in [2.75, 3.05) is 54.6 Å². The Morgan fingerprint density at radius 1 is 0.976 bits per heavy atom. The molecule has 0 bridgehead atoms. The minimum atomic E-state index is -0.163. The number of likely N-dealkylation sites (tertiary alicyclic amines) is 1. The van der Waals surface area contributed by atoms with Gasteiger partial charge in [0.1, 0.15) is 0 Å². The van der Waals surface area contributed by atoms with Crippen LogP contribution in [0.1, 0.15) is 52.2 Å². The lowest BCUT2D eigenvalue weighted by molar-refractivity contribution is -0.0790. The van der Waals surface area contributed by atoms with Gasteiger partial charge in [-0.05, 0) is 66.8 Å². The van der Waals surface area contributed by atoms with Crippen LogP contribution in [-0.2, 0) is 16.9 Å². The molecule has 7 nitrogen and oxygen atoms in total. The maximum absolute atomic E-state index is 13.6. The molecule has 1 amide bonds. The number of likely N-dealkylation sites (N-methyl/N-ethyl adjacent to an activating group) is 1. The predicted molar refractivity (Wildman–Crippen MR) is 165 cm³/mol. The molecular weight excluding hydrogens is 575 g/mol. The van der Waals surface area contributed by atoms with E-state index in [-0.39, 0.29) is 17.4 Å². The minimum Gasteiger partial charge on any atom is -0.493 e. The van der Waals surface area contributed by atoms with Gasteiger partial charge in [-0.15, -0.1) is 0 Å². The molecule has 1 unspecified atom stereocenters. The first-order valence-electron chi connectivity index (χ1n) is 14.2. The Bertz CT molecular complexity index is 1400. The van der Waals surface area contributed by atoms with Gasteiger partial charge in [0.25, 0.3) is 5.91 Å². The van der Waals surface area contributed by atoms with E-state index >= 15 is 0 Å². The number of piperidine rings is 1. The second-order valence-electron chi connectivity index (χ2n) is 11.0. The number of hydrogen-bond acceptors (Lipinski definition) is 6. The lowest BCUT2D eigenvalue weighted by Crippen LogP contribution is -2.43. The first-order chi connectivity index (χ1) is 20.3. The highest BCUT2D eigenvalue weighted by atomic mass is 35.5. The molecule has 9 heteroatoms. The molecule has 2 heterocycles. The summed E-state index contributed by atoms with van der Waals surface area (Å²) in [5, 5.41) is 1.02. The average molecular weight is 614 g/mol. The Morgan fingerprint density at radius 3 is 2.31 bits per heavy atom. The number of ether oxygens (including phenoxy) is 4. The Labute approximate surface area is 258 Å². The summed E-state index contributed by atoms with van der Waals surface area (Å²) in [6.07, 6.45) is 2.80. The smallest absolute Gasteiger partial charge is 0.253 e. The van der Waals surface area contributed by atoms with E-state index in [0.717, 1.165) is 44.5 Å². The van der Waals surface area contributed by atoms with Crippen LogP contribution in [0, 0.1) is 0 Å². The largest absolute Gasteiger partial charge is 0.493 e. The predicted octanol–water partition coefficient (Wildman–Crippen LogP) is 6.79. The van der Waals surface area contributed by atoms with Crippen molar-refractivity contribution in [1.82, 2.24) is 9.80 Å². The topological polar surface area (TPSA) is 60.5 Å². The highest BCUT2D eigenvalue weighted by Crippen LogP contribution is 2.44. The zero-order chi connectivity index (χ0) is 29.9. The third-order valence-corrected chi connectivity index (χ3v) is 9.38. The number of methoxy groups -OCH3 is 3. The van der Waals surface area contributed by atoms with Crippen LogP contribution < -0.4 is 14.2 Å². The maximum Gasteiger partial charge on any atom is 0.253 e. The van der Waals surface area contributed by atoms with Crippen molar-refractivity contribution in [2.45, 2.75) is 37.4 Å². The summed E-state index contributed by atoms with van der Waals surface area (Å²) in [6, 6.07) is 17.7. The molecule has 5 rings (SSSR count). The summed E-state index contributed by atoms with van der Waals surface area (Å²) in [5.74, 6) is 1.23. The van der Waals surface area contributed by atoms with Crippen LogP contribution in [0.3, 0.4) is 0 Å². The fourth-order valence-corrected chi connectivity index (χ4v) is 6.55. The second-order valence-corrected chi connectivity index (χ2v) is 11.9. The first-order valence-corrected chi connectivity index (χ1v) is 15.0. The highest BCUT2D eigenvalue weighted by Gasteiger charge is 2.42. The maximum atomic E-state index is 13.6. The summed E-state index contributed by atoms with van der Waals surface area (Å²) < 4.78 is 22.7. The number of carbonyl (C=O) groups excluding carboxylic acids is 1. The third kappa shape index (κ3) is 6.20. The molecule has 0 aliphatic carbocycles. The molecule has 2 aliphatic rings. The van der Waals surface area contributed by atoms with E-state index in [2.05, 4.69) is 29.2 Å². The standard InChI is InChI=1S/C33H38Cl2N2O5/c1-36(32(38)25-18-29(39-2)31(41-4)30(19-25)40-3)20-23(22-9-10-27(34)28(35)17-22)11-14-37-15-12-33(13-16-37)26-8-6-5-7-24(26)21-42-33/h5-10,17-19,23H,11-16,20-21H2,1-4H3. The molecule has 42 heavy (non-hydrogen) atoms. The van der Waals surface area contributed by atoms with Gasteiger partial charge in [-0.1, -0.05) is 53.5 Å². The quantitative estimate of drug-likeness (QED) is 0.251. The summed E-state index contributed by atoms with van der Waals surface area (Å²) in [4.78, 5) is 17.9. The van der Waals surface area contributed by atoms with Crippen LogP contribution in [0.15, 0.2) is 54.6 Å². The number of benzene rings is 3. The van der Waals surface area contributed by atoms with Crippen LogP contribution in [0.5, 0.6) is 17.2 Å². The summed E-state index contributed by atoms with van der Waals surface area (Å²) >= 11 is 12.7. The Morgan fingerprint density at radius 2 is 1.67 bits per heavy atom. The SMILES string of the molecule is COc1cc(C(=O)N(C)CC(CCN2CCC3(CC2)OCc2ccccc23)c2ccc(Cl)c(Cl)c2)cc(OC)c1OC. The van der Waals surface area contributed by atoms with E-state index in [0.29, 0.717) is 46.0 Å². The second kappa shape index (κ2) is 13.1. The lowest BCUT2D eigenvalue weighted by atomic mass is 9.83. The van der Waals surface area contributed by atoms with Crippen LogP contribution in [-0.4, -0.2) is 70.3 Å². The molecule has 0 radical (unpaired) electrons. The fourth-order valence-electron chi connectivity index (χ4n) is 6.24. The van der Waals surface area contributed by atoms with Crippen LogP contribution >= 0.6 is 23.2 Å². The molecule has 224 valence electrons. The molecule has 1 atom stereocenters. The molecule has 3 aromatic rings. The van der Waals surface area contributed by atoms with Crippen LogP contribution in [0.4, 0.5) is 0 Å². The molecular formula is C33H38Cl2N2O5. The van der Waals surface area contributed by atoms with Gasteiger partial charge in [-0.2, -0.15) is 0 Å². The first kappa shape index (κ1) is 30.5. The molecule has 0 N–H and O–H groups in total. The number of nitrogens with zero attached hydrogens (tertiary/aromatic N) is 2. The zero-order valence-corrected chi connectivity index (χ0v) is 26.1. The van der Waals surface area contributed by atoms with E-state index in [1.54, 1.807) is 17.0 Å². The van der Waals surface area contributed by atoms with E-state index in [1.165, 1.54) is 32.5 Å². The van der Waals surface area contributed by atoms with Crippen molar-refractivity contribution in [1.29, 1.82) is 0 Å². The van der Waals surface area contributed by atoms with Crippen molar-refractivity contribution in [3.63, 3.8) is 0 Å². The Kier molecular flexibility index (Phi) is 9.53. The molecule has 1 spiro atoms. The number of fused-ring (bicyclic) bond motifs is 2. The van der Waals surface area contributed by atoms with Crippen molar-refractivity contribution in [3.05, 3.63) is 86.9 Å². The molecule has 1 fully saturated rings. The van der Waals surface area contributed by atoms with Crippen molar-refractivity contribution in [2.24, 2.45) is 0 Å². The van der Waals surface area contributed by atoms with Gasteiger partial charge < -0.3 is 28.7 Å². The Balaban J connectivity index is 1.29. The molecule has 3 aromatic carbocycles. The summed E-state index contributed by atoms with van der Waals surface area (Å²) in [5.41, 5.74) is 4.01. The average Bonchev–Trinajstić information content (AvgIpc) is 3.37.